The zero-order valence-electron chi connectivity index (χ0n) is 18.2. The van der Waals surface area contributed by atoms with E-state index in [1.807, 2.05) is 24.3 Å². The molecular formula is C26H33IO3. The Hall–Kier alpha value is -0.910. The maximum absolute atomic E-state index is 12.7. The molecule has 0 N–H and O–H groups in total. The molecule has 0 saturated heterocycles. The Balaban J connectivity index is 1.28. The lowest BCUT2D eigenvalue weighted by Crippen LogP contribution is -2.54. The smallest absolute Gasteiger partial charge is 0.338 e. The predicted molar refractivity (Wildman–Crippen MR) is 125 cm³/mol. The average Bonchev–Trinajstić information content (AvgIpc) is 3.03. The zero-order chi connectivity index (χ0) is 21.1. The van der Waals surface area contributed by atoms with Gasteiger partial charge in [-0.1, -0.05) is 19.9 Å². The Morgan fingerprint density at radius 2 is 1.90 bits per heavy atom. The van der Waals surface area contributed by atoms with Gasteiger partial charge in [0.1, 0.15) is 11.9 Å². The molecule has 1 aromatic rings. The summed E-state index contributed by atoms with van der Waals surface area (Å²) in [6.07, 6.45) is 9.91. The molecule has 162 valence electrons. The number of ether oxygens (including phenoxy) is 1. The third-order valence-electron chi connectivity index (χ3n) is 9.66. The van der Waals surface area contributed by atoms with E-state index in [1.165, 1.54) is 19.3 Å². The summed E-state index contributed by atoms with van der Waals surface area (Å²) < 4.78 is 7.04. The third-order valence-corrected chi connectivity index (χ3v) is 10.3. The lowest BCUT2D eigenvalue weighted by Gasteiger charge is -2.60. The number of Topliss-reactive ketones (excluding diaryl/α,β-unsaturated/α-hetero) is 1. The molecule has 0 spiro atoms. The van der Waals surface area contributed by atoms with E-state index in [2.05, 4.69) is 36.4 Å². The number of hydrogen-bond donors (Lipinski definition) is 0. The van der Waals surface area contributed by atoms with Crippen molar-refractivity contribution in [3.8, 4) is 0 Å². The molecule has 1 aromatic carbocycles. The summed E-state index contributed by atoms with van der Waals surface area (Å²) in [4.78, 5) is 25.3. The van der Waals surface area contributed by atoms with Gasteiger partial charge in [0.05, 0.1) is 5.56 Å². The van der Waals surface area contributed by atoms with Crippen LogP contribution in [0.2, 0.25) is 0 Å². The molecule has 3 nitrogen and oxygen atoms in total. The van der Waals surface area contributed by atoms with Gasteiger partial charge >= 0.3 is 5.97 Å². The van der Waals surface area contributed by atoms with Gasteiger partial charge in [-0.05, 0) is 121 Å². The zero-order valence-corrected chi connectivity index (χ0v) is 20.3. The number of carbonyl (C=O) groups is 2. The molecule has 0 aliphatic heterocycles. The number of carbonyl (C=O) groups excluding carboxylic acids is 2. The van der Waals surface area contributed by atoms with Crippen LogP contribution in [0.4, 0.5) is 0 Å². The van der Waals surface area contributed by atoms with Gasteiger partial charge < -0.3 is 4.74 Å². The molecule has 0 heterocycles. The molecular weight excluding hydrogens is 487 g/mol. The molecule has 4 aliphatic rings. The fraction of sp³-hybridized carbons (Fsp3) is 0.692. The number of ketones is 1. The van der Waals surface area contributed by atoms with Crippen LogP contribution in [0.1, 0.15) is 82.0 Å². The number of benzene rings is 1. The van der Waals surface area contributed by atoms with Crippen LogP contribution in [0, 0.1) is 38.1 Å². The molecule has 0 aromatic heterocycles. The van der Waals surface area contributed by atoms with Gasteiger partial charge in [-0.15, -0.1) is 0 Å². The Bertz CT molecular complexity index is 866. The quantitative estimate of drug-likeness (QED) is 0.334. The van der Waals surface area contributed by atoms with Gasteiger partial charge in [-0.3, -0.25) is 4.79 Å². The van der Waals surface area contributed by atoms with Crippen LogP contribution < -0.4 is 0 Å². The van der Waals surface area contributed by atoms with Crippen molar-refractivity contribution in [3.63, 3.8) is 0 Å². The molecule has 0 bridgehead atoms. The summed E-state index contributed by atoms with van der Waals surface area (Å²) in [5, 5.41) is 0. The second kappa shape index (κ2) is 7.60. The predicted octanol–water partition coefficient (Wildman–Crippen LogP) is 6.43. The first-order valence-corrected chi connectivity index (χ1v) is 12.9. The highest BCUT2D eigenvalue weighted by Gasteiger charge is 2.60. The molecule has 4 aliphatic carbocycles. The van der Waals surface area contributed by atoms with E-state index in [0.29, 0.717) is 28.6 Å². The lowest BCUT2D eigenvalue weighted by molar-refractivity contribution is -0.142. The highest BCUT2D eigenvalue weighted by molar-refractivity contribution is 14.1. The summed E-state index contributed by atoms with van der Waals surface area (Å²) in [6, 6.07) is 7.67. The average molecular weight is 520 g/mol. The van der Waals surface area contributed by atoms with Crippen molar-refractivity contribution >= 4 is 34.3 Å². The van der Waals surface area contributed by atoms with Crippen molar-refractivity contribution in [2.24, 2.45) is 34.5 Å². The van der Waals surface area contributed by atoms with Gasteiger partial charge in [0.25, 0.3) is 0 Å². The number of esters is 1. The SMILES string of the molecule is C[C@]12CC[C@@H](OC(=O)c3cccc(I)c3)C[C@@H]1CC[C@@H]1[C@H]2CC[C@]2(C)C(=O)CC[C@H]12. The molecule has 5 rings (SSSR count). The Kier molecular flexibility index (Phi) is 5.31. The number of hydrogen-bond acceptors (Lipinski definition) is 3. The third kappa shape index (κ3) is 3.27. The van der Waals surface area contributed by atoms with E-state index in [9.17, 15) is 9.59 Å². The largest absolute Gasteiger partial charge is 0.459 e. The van der Waals surface area contributed by atoms with Crippen molar-refractivity contribution in [1.82, 2.24) is 0 Å². The standard InChI is InChI=1S/C26H33IO3/c1-25-12-10-19(30-24(29)16-4-3-5-18(27)14-16)15-17(25)6-7-20-21-8-9-23(28)26(21,2)13-11-22(20)25/h3-5,14,17,19-22H,6-13,15H2,1-2H3/t17-,19+,20-,21+,22+,25-,26-/m0/s1. The summed E-state index contributed by atoms with van der Waals surface area (Å²) in [7, 11) is 0. The van der Waals surface area contributed by atoms with E-state index in [-0.39, 0.29) is 17.5 Å². The van der Waals surface area contributed by atoms with Crippen molar-refractivity contribution in [1.29, 1.82) is 0 Å². The van der Waals surface area contributed by atoms with Crippen LogP contribution in [0.25, 0.3) is 0 Å². The number of fused-ring (bicyclic) bond motifs is 5. The van der Waals surface area contributed by atoms with E-state index in [4.69, 9.17) is 4.74 Å². The van der Waals surface area contributed by atoms with Gasteiger partial charge in [0, 0.05) is 15.4 Å². The fourth-order valence-electron chi connectivity index (χ4n) is 7.93. The summed E-state index contributed by atoms with van der Waals surface area (Å²) in [5.41, 5.74) is 0.974. The molecule has 4 saturated carbocycles. The van der Waals surface area contributed by atoms with Crippen molar-refractivity contribution in [2.75, 3.05) is 0 Å². The molecule has 0 unspecified atom stereocenters. The lowest BCUT2D eigenvalue weighted by atomic mass is 9.45. The molecule has 4 fully saturated rings. The second-order valence-corrected chi connectivity index (χ2v) is 12.1. The van der Waals surface area contributed by atoms with Crippen LogP contribution in [0.15, 0.2) is 24.3 Å². The van der Waals surface area contributed by atoms with Crippen molar-refractivity contribution in [2.45, 2.75) is 77.7 Å². The second-order valence-electron chi connectivity index (χ2n) is 10.9. The van der Waals surface area contributed by atoms with Gasteiger partial charge in [-0.2, -0.15) is 0 Å². The molecule has 30 heavy (non-hydrogen) atoms. The summed E-state index contributed by atoms with van der Waals surface area (Å²) in [5.74, 6) is 3.08. The topological polar surface area (TPSA) is 43.4 Å². The Morgan fingerprint density at radius 1 is 1.07 bits per heavy atom. The first-order chi connectivity index (χ1) is 14.3. The minimum absolute atomic E-state index is 0.0374. The molecule has 0 amide bonds. The molecule has 7 atom stereocenters. The minimum Gasteiger partial charge on any atom is -0.459 e. The van der Waals surface area contributed by atoms with E-state index < -0.39 is 0 Å². The van der Waals surface area contributed by atoms with Gasteiger partial charge in [0.15, 0.2) is 0 Å². The maximum atomic E-state index is 12.7. The first kappa shape index (κ1) is 21.0. The molecule has 0 radical (unpaired) electrons. The Labute approximate surface area is 193 Å². The highest BCUT2D eigenvalue weighted by Crippen LogP contribution is 2.65. The van der Waals surface area contributed by atoms with Crippen LogP contribution >= 0.6 is 22.6 Å². The van der Waals surface area contributed by atoms with Crippen LogP contribution in [0.3, 0.4) is 0 Å². The fourth-order valence-corrected chi connectivity index (χ4v) is 8.47. The minimum atomic E-state index is -0.172. The summed E-state index contributed by atoms with van der Waals surface area (Å²) in [6.45, 7) is 4.78. The number of halogens is 1. The maximum Gasteiger partial charge on any atom is 0.338 e. The van der Waals surface area contributed by atoms with Crippen molar-refractivity contribution < 1.29 is 14.3 Å². The number of rotatable bonds is 2. The van der Waals surface area contributed by atoms with Crippen molar-refractivity contribution in [3.05, 3.63) is 33.4 Å². The Morgan fingerprint density at radius 3 is 2.70 bits per heavy atom. The highest BCUT2D eigenvalue weighted by atomic mass is 127. The monoisotopic (exact) mass is 520 g/mol. The van der Waals surface area contributed by atoms with Gasteiger partial charge in [-0.25, -0.2) is 4.79 Å². The van der Waals surface area contributed by atoms with E-state index in [1.54, 1.807) is 0 Å². The van der Waals surface area contributed by atoms with Crippen LogP contribution in [-0.2, 0) is 9.53 Å². The van der Waals surface area contributed by atoms with Gasteiger partial charge in [0.2, 0.25) is 0 Å². The van der Waals surface area contributed by atoms with Crippen LogP contribution in [-0.4, -0.2) is 17.9 Å². The van der Waals surface area contributed by atoms with Crippen LogP contribution in [0.5, 0.6) is 0 Å². The van der Waals surface area contributed by atoms with E-state index in [0.717, 1.165) is 53.9 Å². The first-order valence-electron chi connectivity index (χ1n) is 11.8. The summed E-state index contributed by atoms with van der Waals surface area (Å²) >= 11 is 2.24. The molecule has 4 heteroatoms. The van der Waals surface area contributed by atoms with E-state index >= 15 is 0 Å². The normalized spacial score (nSPS) is 42.8.